The van der Waals surface area contributed by atoms with Crippen molar-refractivity contribution in [2.45, 2.75) is 50.9 Å². The van der Waals surface area contributed by atoms with Crippen molar-refractivity contribution in [2.24, 2.45) is 0 Å². The van der Waals surface area contributed by atoms with Crippen LogP contribution in [0.1, 0.15) is 36.9 Å². The molecule has 10 heteroatoms. The third-order valence-corrected chi connectivity index (χ3v) is 5.07. The molecule has 2 heterocycles. The van der Waals surface area contributed by atoms with Gasteiger partial charge in [0.15, 0.2) is 6.23 Å². The predicted molar refractivity (Wildman–Crippen MR) is 112 cm³/mol. The molecule has 1 aromatic heterocycles. The molecule has 0 radical (unpaired) electrons. The van der Waals surface area contributed by atoms with Gasteiger partial charge in [-0.15, -0.1) is 0 Å². The Hall–Kier alpha value is -3.08. The fourth-order valence-electron chi connectivity index (χ4n) is 3.38. The number of carbonyl (C=O) groups is 2. The highest BCUT2D eigenvalue weighted by molar-refractivity contribution is 6.03. The summed E-state index contributed by atoms with van der Waals surface area (Å²) in [6.45, 7) is 3.38. The summed E-state index contributed by atoms with van der Waals surface area (Å²) in [6.07, 6.45) is -2.51. The Morgan fingerprint density at radius 3 is 2.61 bits per heavy atom. The van der Waals surface area contributed by atoms with E-state index in [0.717, 1.165) is 0 Å². The lowest BCUT2D eigenvalue weighted by atomic mass is 10.1. The van der Waals surface area contributed by atoms with Crippen molar-refractivity contribution in [3.05, 3.63) is 58.6 Å². The van der Waals surface area contributed by atoms with Crippen molar-refractivity contribution in [3.63, 3.8) is 0 Å². The smallest absolute Gasteiger partial charge is 0.351 e. The zero-order chi connectivity index (χ0) is 22.5. The van der Waals surface area contributed by atoms with Crippen LogP contribution in [0.2, 0.25) is 0 Å². The van der Waals surface area contributed by atoms with Gasteiger partial charge in [-0.3, -0.25) is 14.2 Å². The van der Waals surface area contributed by atoms with Crippen LogP contribution < -0.4 is 16.3 Å². The molecule has 3 N–H and O–H groups in total. The van der Waals surface area contributed by atoms with Gasteiger partial charge in [-0.1, -0.05) is 25.1 Å². The first kappa shape index (κ1) is 22.6. The standard InChI is InChI=1S/C21H26N4O6/c1-4-14-16(26)17(30-12(2)18(27)22-3)20(31-14)25-11-10-15(24-21(25)29)23-19(28)13-8-6-5-7-9-13/h5-12,14,16-17,20,26H,4H2,1-3H3,(H,22,27)(H,23,24,28,29)/t12?,14-,16?,17+,20-/m1/s1. The maximum atomic E-state index is 12.7. The van der Waals surface area contributed by atoms with E-state index in [1.807, 2.05) is 6.92 Å². The number of carbonyl (C=O) groups excluding carboxylic acids is 2. The Balaban J connectivity index is 1.81. The van der Waals surface area contributed by atoms with Crippen LogP contribution in [0.4, 0.5) is 5.82 Å². The summed E-state index contributed by atoms with van der Waals surface area (Å²) in [5.74, 6) is -0.684. The molecule has 0 aliphatic carbocycles. The van der Waals surface area contributed by atoms with E-state index in [2.05, 4.69) is 15.6 Å². The summed E-state index contributed by atoms with van der Waals surface area (Å²) < 4.78 is 12.8. The molecule has 0 saturated carbocycles. The fourth-order valence-corrected chi connectivity index (χ4v) is 3.38. The fraction of sp³-hybridized carbons (Fsp3) is 0.429. The highest BCUT2D eigenvalue weighted by Crippen LogP contribution is 2.33. The Kier molecular flexibility index (Phi) is 7.16. The van der Waals surface area contributed by atoms with E-state index in [-0.39, 0.29) is 11.7 Å². The van der Waals surface area contributed by atoms with Gasteiger partial charge in [0.2, 0.25) is 5.91 Å². The molecule has 31 heavy (non-hydrogen) atoms. The number of nitrogens with one attached hydrogen (secondary N) is 2. The normalized spacial score (nSPS) is 23.9. The molecular formula is C21H26N4O6. The van der Waals surface area contributed by atoms with E-state index in [1.54, 1.807) is 37.3 Å². The summed E-state index contributed by atoms with van der Waals surface area (Å²) in [6, 6.07) is 9.99. The monoisotopic (exact) mass is 430 g/mol. The van der Waals surface area contributed by atoms with Gasteiger partial charge in [-0.05, 0) is 31.5 Å². The molecule has 1 aromatic carbocycles. The van der Waals surface area contributed by atoms with Crippen LogP contribution in [0.25, 0.3) is 0 Å². The number of aliphatic hydroxyl groups excluding tert-OH is 1. The first-order chi connectivity index (χ1) is 14.8. The number of hydrogen-bond donors (Lipinski definition) is 3. The number of hydrogen-bond acceptors (Lipinski definition) is 7. The van der Waals surface area contributed by atoms with Gasteiger partial charge in [0.25, 0.3) is 5.91 Å². The Labute approximate surface area is 179 Å². The molecule has 2 amide bonds. The molecule has 2 unspecified atom stereocenters. The second kappa shape index (κ2) is 9.82. The van der Waals surface area contributed by atoms with E-state index in [1.165, 1.54) is 23.9 Å². The molecule has 1 aliphatic heterocycles. The maximum Gasteiger partial charge on any atom is 0.351 e. The first-order valence-corrected chi connectivity index (χ1v) is 10.0. The third kappa shape index (κ3) is 4.98. The van der Waals surface area contributed by atoms with Crippen molar-refractivity contribution >= 4 is 17.6 Å². The molecular weight excluding hydrogens is 404 g/mol. The molecule has 0 bridgehead atoms. The molecule has 5 atom stereocenters. The summed E-state index contributed by atoms with van der Waals surface area (Å²) in [4.78, 5) is 40.7. The van der Waals surface area contributed by atoms with Crippen molar-refractivity contribution < 1.29 is 24.2 Å². The molecule has 1 fully saturated rings. The zero-order valence-electron chi connectivity index (χ0n) is 17.5. The number of aliphatic hydroxyl groups is 1. The van der Waals surface area contributed by atoms with Crippen LogP contribution in [0, 0.1) is 0 Å². The topological polar surface area (TPSA) is 132 Å². The van der Waals surface area contributed by atoms with E-state index in [0.29, 0.717) is 12.0 Å². The molecule has 1 saturated heterocycles. The molecule has 10 nitrogen and oxygen atoms in total. The molecule has 3 rings (SSSR count). The average Bonchev–Trinajstić information content (AvgIpc) is 3.08. The van der Waals surface area contributed by atoms with Gasteiger partial charge >= 0.3 is 5.69 Å². The van der Waals surface area contributed by atoms with Crippen LogP contribution in [0.15, 0.2) is 47.4 Å². The molecule has 1 aliphatic rings. The summed E-state index contributed by atoms with van der Waals surface area (Å²) in [5, 5.41) is 15.6. The lowest BCUT2D eigenvalue weighted by Crippen LogP contribution is -2.43. The van der Waals surface area contributed by atoms with E-state index in [9.17, 15) is 19.5 Å². The summed E-state index contributed by atoms with van der Waals surface area (Å²) in [5.41, 5.74) is -0.265. The van der Waals surface area contributed by atoms with Crippen LogP contribution >= 0.6 is 0 Å². The van der Waals surface area contributed by atoms with Crippen LogP contribution in [-0.2, 0) is 14.3 Å². The van der Waals surface area contributed by atoms with E-state index >= 15 is 0 Å². The van der Waals surface area contributed by atoms with Crippen LogP contribution in [0.3, 0.4) is 0 Å². The number of anilines is 1. The highest BCUT2D eigenvalue weighted by atomic mass is 16.6. The number of rotatable bonds is 7. The second-order valence-electron chi connectivity index (χ2n) is 7.14. The van der Waals surface area contributed by atoms with Crippen molar-refractivity contribution in [1.29, 1.82) is 0 Å². The van der Waals surface area contributed by atoms with Crippen LogP contribution in [0.5, 0.6) is 0 Å². The minimum Gasteiger partial charge on any atom is -0.388 e. The molecule has 2 aromatic rings. The van der Waals surface area contributed by atoms with Crippen LogP contribution in [-0.4, -0.2) is 57.9 Å². The predicted octanol–water partition coefficient (Wildman–Crippen LogP) is 0.684. The number of amides is 2. The number of aromatic nitrogens is 2. The van der Waals surface area contributed by atoms with Crippen molar-refractivity contribution in [3.8, 4) is 0 Å². The first-order valence-electron chi connectivity index (χ1n) is 10.0. The molecule has 0 spiro atoms. The highest BCUT2D eigenvalue weighted by Gasteiger charge is 2.46. The average molecular weight is 430 g/mol. The number of nitrogens with zero attached hydrogens (tertiary/aromatic N) is 2. The quantitative estimate of drug-likeness (QED) is 0.589. The Morgan fingerprint density at radius 2 is 2.00 bits per heavy atom. The van der Waals surface area contributed by atoms with Gasteiger partial charge in [0, 0.05) is 18.8 Å². The minimum atomic E-state index is -1.04. The lowest BCUT2D eigenvalue weighted by Gasteiger charge is -2.25. The van der Waals surface area contributed by atoms with Crippen molar-refractivity contribution in [2.75, 3.05) is 12.4 Å². The SMILES string of the molecule is CC[C@H]1O[C@@H](n2ccc(NC(=O)c3ccccc3)nc2=O)[C@@H](OC(C)C(=O)NC)C1O. The zero-order valence-corrected chi connectivity index (χ0v) is 17.5. The number of likely N-dealkylation sites (N-methyl/N-ethyl adjacent to an activating group) is 1. The number of ether oxygens (including phenoxy) is 2. The molecule has 166 valence electrons. The van der Waals surface area contributed by atoms with Crippen molar-refractivity contribution in [1.82, 2.24) is 14.9 Å². The van der Waals surface area contributed by atoms with Gasteiger partial charge in [-0.25, -0.2) is 4.79 Å². The number of benzene rings is 1. The third-order valence-electron chi connectivity index (χ3n) is 5.07. The summed E-state index contributed by atoms with van der Waals surface area (Å²) in [7, 11) is 1.48. The van der Waals surface area contributed by atoms with E-state index < -0.39 is 42.2 Å². The van der Waals surface area contributed by atoms with Gasteiger partial charge < -0.3 is 25.2 Å². The van der Waals surface area contributed by atoms with Gasteiger partial charge in [0.05, 0.1) is 6.10 Å². The Bertz CT molecular complexity index is 979. The van der Waals surface area contributed by atoms with Gasteiger partial charge in [0.1, 0.15) is 24.1 Å². The Morgan fingerprint density at radius 1 is 1.29 bits per heavy atom. The van der Waals surface area contributed by atoms with Gasteiger partial charge in [-0.2, -0.15) is 4.98 Å². The maximum absolute atomic E-state index is 12.7. The summed E-state index contributed by atoms with van der Waals surface area (Å²) >= 11 is 0. The second-order valence-corrected chi connectivity index (χ2v) is 7.14. The van der Waals surface area contributed by atoms with E-state index in [4.69, 9.17) is 9.47 Å². The largest absolute Gasteiger partial charge is 0.388 e. The minimum absolute atomic E-state index is 0.0805. The lowest BCUT2D eigenvalue weighted by molar-refractivity contribution is -0.144.